The Morgan fingerprint density at radius 3 is 2.17 bits per heavy atom. The fraction of sp³-hybridized carbons (Fsp3) is 1.00. The molecule has 0 amide bonds. The van der Waals surface area contributed by atoms with Crippen LogP contribution in [0.25, 0.3) is 0 Å². The van der Waals surface area contributed by atoms with Crippen molar-refractivity contribution in [1.82, 2.24) is 0 Å². The van der Waals surface area contributed by atoms with E-state index >= 15 is 0 Å². The Morgan fingerprint density at radius 2 is 1.50 bits per heavy atom. The molecular formula is C19H33F3O2. The third kappa shape index (κ3) is 5.10. The number of unbranched alkanes of at least 4 members (excludes halogenated alkanes) is 1. The van der Waals surface area contributed by atoms with Crippen LogP contribution in [0.1, 0.15) is 65.2 Å². The van der Waals surface area contributed by atoms with Gasteiger partial charge in [-0.15, -0.1) is 0 Å². The Labute approximate surface area is 144 Å². The van der Waals surface area contributed by atoms with Crippen LogP contribution in [0.3, 0.4) is 0 Å². The molecule has 2 aliphatic rings. The smallest absolute Gasteiger partial charge is 0.157 e. The van der Waals surface area contributed by atoms with E-state index in [0.29, 0.717) is 38.9 Å². The van der Waals surface area contributed by atoms with Crippen LogP contribution in [-0.4, -0.2) is 43.9 Å². The van der Waals surface area contributed by atoms with Gasteiger partial charge in [0.1, 0.15) is 12.3 Å². The van der Waals surface area contributed by atoms with Crippen LogP contribution in [0, 0.1) is 11.8 Å². The summed E-state index contributed by atoms with van der Waals surface area (Å²) < 4.78 is 54.4. The maximum absolute atomic E-state index is 14.6. The number of halogens is 3. The molecule has 24 heavy (non-hydrogen) atoms. The lowest BCUT2D eigenvalue weighted by Crippen LogP contribution is -2.47. The normalized spacial score (nSPS) is 40.6. The molecule has 0 heterocycles. The average molecular weight is 350 g/mol. The fourth-order valence-electron chi connectivity index (χ4n) is 4.13. The quantitative estimate of drug-likeness (QED) is 0.561. The lowest BCUT2D eigenvalue weighted by atomic mass is 9.70. The van der Waals surface area contributed by atoms with Crippen LogP contribution in [0.5, 0.6) is 0 Å². The first-order valence-corrected chi connectivity index (χ1v) is 9.73. The highest BCUT2D eigenvalue weighted by atomic mass is 19.2. The molecule has 0 aromatic heterocycles. The summed E-state index contributed by atoms with van der Waals surface area (Å²) in [6.45, 7) is 5.09. The number of hydrogen-bond acceptors (Lipinski definition) is 2. The molecule has 2 fully saturated rings. The molecule has 0 aromatic rings. The Balaban J connectivity index is 1.83. The highest BCUT2D eigenvalue weighted by Crippen LogP contribution is 2.42. The maximum Gasteiger partial charge on any atom is 0.157 e. The molecule has 0 saturated heterocycles. The molecule has 2 rings (SSSR count). The molecule has 5 heteroatoms. The van der Waals surface area contributed by atoms with Gasteiger partial charge in [0.05, 0.1) is 12.2 Å². The van der Waals surface area contributed by atoms with Crippen LogP contribution in [0.2, 0.25) is 0 Å². The molecule has 7 unspecified atom stereocenters. The Morgan fingerprint density at radius 1 is 0.792 bits per heavy atom. The SMILES string of the molecule is CCCCOC1CCC(C2CCC(OCCC)C(F)C2)C(F)C1F. The summed E-state index contributed by atoms with van der Waals surface area (Å²) in [7, 11) is 0. The minimum Gasteiger partial charge on any atom is -0.375 e. The van der Waals surface area contributed by atoms with Crippen molar-refractivity contribution in [1.29, 1.82) is 0 Å². The lowest BCUT2D eigenvalue weighted by molar-refractivity contribution is -0.0994. The summed E-state index contributed by atoms with van der Waals surface area (Å²) >= 11 is 0. The van der Waals surface area contributed by atoms with Crippen molar-refractivity contribution >= 4 is 0 Å². The van der Waals surface area contributed by atoms with Gasteiger partial charge in [0, 0.05) is 13.2 Å². The molecule has 0 aliphatic heterocycles. The first kappa shape index (κ1) is 20.0. The van der Waals surface area contributed by atoms with Gasteiger partial charge < -0.3 is 9.47 Å². The predicted octanol–water partition coefficient (Wildman–Crippen LogP) is 5.19. The zero-order chi connectivity index (χ0) is 17.5. The van der Waals surface area contributed by atoms with Crippen LogP contribution in [-0.2, 0) is 9.47 Å². The van der Waals surface area contributed by atoms with E-state index in [9.17, 15) is 13.2 Å². The molecule has 7 atom stereocenters. The second kappa shape index (κ2) is 10.0. The van der Waals surface area contributed by atoms with E-state index in [4.69, 9.17) is 9.47 Å². The molecule has 142 valence electrons. The van der Waals surface area contributed by atoms with E-state index < -0.39 is 24.6 Å². The summed E-state index contributed by atoms with van der Waals surface area (Å²) in [5.41, 5.74) is 0. The minimum atomic E-state index is -1.58. The van der Waals surface area contributed by atoms with Gasteiger partial charge in [0.25, 0.3) is 0 Å². The number of hydrogen-bond donors (Lipinski definition) is 0. The number of ether oxygens (including phenoxy) is 2. The molecule has 0 aromatic carbocycles. The van der Waals surface area contributed by atoms with Gasteiger partial charge >= 0.3 is 0 Å². The van der Waals surface area contributed by atoms with Crippen molar-refractivity contribution in [3.05, 3.63) is 0 Å². The van der Waals surface area contributed by atoms with Crippen molar-refractivity contribution < 1.29 is 22.6 Å². The van der Waals surface area contributed by atoms with E-state index in [0.717, 1.165) is 25.7 Å². The van der Waals surface area contributed by atoms with Gasteiger partial charge in [0.2, 0.25) is 0 Å². The van der Waals surface area contributed by atoms with Crippen LogP contribution in [0.4, 0.5) is 13.2 Å². The second-order valence-corrected chi connectivity index (χ2v) is 7.39. The summed E-state index contributed by atoms with van der Waals surface area (Å²) in [6, 6.07) is 0. The highest BCUT2D eigenvalue weighted by Gasteiger charge is 2.46. The van der Waals surface area contributed by atoms with E-state index in [-0.39, 0.29) is 17.9 Å². The second-order valence-electron chi connectivity index (χ2n) is 7.39. The number of alkyl halides is 3. The van der Waals surface area contributed by atoms with E-state index in [1.54, 1.807) is 0 Å². The third-order valence-corrected chi connectivity index (χ3v) is 5.58. The molecule has 2 nitrogen and oxygen atoms in total. The topological polar surface area (TPSA) is 18.5 Å². The highest BCUT2D eigenvalue weighted by molar-refractivity contribution is 4.94. The summed E-state index contributed by atoms with van der Waals surface area (Å²) in [5.74, 6) is -0.456. The van der Waals surface area contributed by atoms with Crippen molar-refractivity contribution in [2.45, 2.75) is 95.9 Å². The van der Waals surface area contributed by atoms with Crippen LogP contribution < -0.4 is 0 Å². The summed E-state index contributed by atoms with van der Waals surface area (Å²) in [5, 5.41) is 0. The average Bonchev–Trinajstić information content (AvgIpc) is 2.58. The van der Waals surface area contributed by atoms with Crippen molar-refractivity contribution in [3.63, 3.8) is 0 Å². The van der Waals surface area contributed by atoms with Gasteiger partial charge in [-0.25, -0.2) is 13.2 Å². The van der Waals surface area contributed by atoms with Crippen LogP contribution in [0.15, 0.2) is 0 Å². The van der Waals surface area contributed by atoms with Crippen molar-refractivity contribution in [3.8, 4) is 0 Å². The monoisotopic (exact) mass is 350 g/mol. The third-order valence-electron chi connectivity index (χ3n) is 5.58. The fourth-order valence-corrected chi connectivity index (χ4v) is 4.13. The van der Waals surface area contributed by atoms with Gasteiger partial charge in [-0.1, -0.05) is 20.3 Å². The predicted molar refractivity (Wildman–Crippen MR) is 89.4 cm³/mol. The van der Waals surface area contributed by atoms with E-state index in [2.05, 4.69) is 0 Å². The molecule has 2 aliphatic carbocycles. The molecule has 0 bridgehead atoms. The van der Waals surface area contributed by atoms with E-state index in [1.165, 1.54) is 0 Å². The van der Waals surface area contributed by atoms with Gasteiger partial charge in [-0.05, 0) is 56.8 Å². The number of rotatable bonds is 8. The van der Waals surface area contributed by atoms with Gasteiger partial charge in [-0.3, -0.25) is 0 Å². The Bertz CT molecular complexity index is 356. The summed E-state index contributed by atoms with van der Waals surface area (Å²) in [6.07, 6.45) is 0.330. The van der Waals surface area contributed by atoms with Crippen molar-refractivity contribution in [2.75, 3.05) is 13.2 Å². The lowest BCUT2D eigenvalue weighted by Gasteiger charge is -2.42. The largest absolute Gasteiger partial charge is 0.375 e. The molecular weight excluding hydrogens is 317 g/mol. The van der Waals surface area contributed by atoms with Crippen LogP contribution >= 0.6 is 0 Å². The van der Waals surface area contributed by atoms with E-state index in [1.807, 2.05) is 13.8 Å². The Kier molecular flexibility index (Phi) is 8.35. The minimum absolute atomic E-state index is 0.0775. The van der Waals surface area contributed by atoms with Gasteiger partial charge in [0.15, 0.2) is 6.17 Å². The molecule has 0 N–H and O–H groups in total. The maximum atomic E-state index is 14.6. The zero-order valence-electron chi connectivity index (χ0n) is 15.1. The molecule has 2 saturated carbocycles. The molecule has 0 radical (unpaired) electrons. The first-order valence-electron chi connectivity index (χ1n) is 9.73. The summed E-state index contributed by atoms with van der Waals surface area (Å²) in [4.78, 5) is 0. The zero-order valence-corrected chi connectivity index (χ0v) is 15.1. The first-order chi connectivity index (χ1) is 11.6. The standard InChI is InChI=1S/C19H33F3O2/c1-3-5-11-24-17-9-7-14(18(21)19(17)22)13-6-8-16(15(20)12-13)23-10-4-2/h13-19H,3-12H2,1-2H3. The van der Waals surface area contributed by atoms with Gasteiger partial charge in [-0.2, -0.15) is 0 Å². The van der Waals surface area contributed by atoms with Crippen molar-refractivity contribution in [2.24, 2.45) is 11.8 Å². The Hall–Kier alpha value is -0.290. The molecule has 0 spiro atoms.